The van der Waals surface area contributed by atoms with Crippen molar-refractivity contribution in [3.05, 3.63) is 35.2 Å². The van der Waals surface area contributed by atoms with E-state index in [9.17, 15) is 0 Å². The third-order valence-electron chi connectivity index (χ3n) is 4.44. The summed E-state index contributed by atoms with van der Waals surface area (Å²) in [4.78, 5) is 4.90. The highest BCUT2D eigenvalue weighted by Gasteiger charge is 2.24. The molecule has 1 aliphatic rings. The molecule has 3 rings (SSSR count). The van der Waals surface area contributed by atoms with Crippen LogP contribution in [-0.2, 0) is 4.74 Å². The predicted molar refractivity (Wildman–Crippen MR) is 94.7 cm³/mol. The van der Waals surface area contributed by atoms with Crippen molar-refractivity contribution in [1.29, 1.82) is 0 Å². The van der Waals surface area contributed by atoms with Gasteiger partial charge in [0.2, 0.25) is 0 Å². The van der Waals surface area contributed by atoms with Gasteiger partial charge in [-0.1, -0.05) is 18.2 Å². The Morgan fingerprint density at radius 1 is 1.23 bits per heavy atom. The van der Waals surface area contributed by atoms with Crippen LogP contribution in [0.3, 0.4) is 0 Å². The fraction of sp³-hybridized carbons (Fsp3) is 0.556. The van der Waals surface area contributed by atoms with Crippen molar-refractivity contribution in [3.63, 3.8) is 0 Å². The number of ether oxygens (including phenoxy) is 1. The highest BCUT2D eigenvalue weighted by molar-refractivity contribution is 7.17. The highest BCUT2D eigenvalue weighted by Crippen LogP contribution is 2.35. The second kappa shape index (κ2) is 7.55. The number of morpholine rings is 1. The van der Waals surface area contributed by atoms with Crippen molar-refractivity contribution in [2.24, 2.45) is 0 Å². The molecule has 22 heavy (non-hydrogen) atoms. The van der Waals surface area contributed by atoms with Crippen molar-refractivity contribution in [3.8, 4) is 0 Å². The Morgan fingerprint density at radius 3 is 2.77 bits per heavy atom. The minimum Gasteiger partial charge on any atom is -0.379 e. The lowest BCUT2D eigenvalue weighted by Gasteiger charge is -2.35. The van der Waals surface area contributed by atoms with E-state index in [1.54, 1.807) is 0 Å². The molecular formula is C18H26N2OS. The lowest BCUT2D eigenvalue weighted by molar-refractivity contribution is 0.0138. The quantitative estimate of drug-likeness (QED) is 0.809. The lowest BCUT2D eigenvalue weighted by atomic mass is 9.99. The van der Waals surface area contributed by atoms with Crippen LogP contribution in [0, 0.1) is 0 Å². The van der Waals surface area contributed by atoms with Crippen molar-refractivity contribution in [2.45, 2.75) is 18.9 Å². The third-order valence-corrected chi connectivity index (χ3v) is 5.42. The Balaban J connectivity index is 1.83. The van der Waals surface area contributed by atoms with Crippen LogP contribution in [0.15, 0.2) is 29.6 Å². The Morgan fingerprint density at radius 2 is 2.00 bits per heavy atom. The first-order valence-corrected chi connectivity index (χ1v) is 9.06. The molecule has 1 atom stereocenters. The van der Waals surface area contributed by atoms with Gasteiger partial charge in [-0.3, -0.25) is 4.90 Å². The van der Waals surface area contributed by atoms with Crippen LogP contribution in [-0.4, -0.2) is 56.7 Å². The second-order valence-electron chi connectivity index (χ2n) is 6.30. The maximum atomic E-state index is 5.55. The molecule has 0 saturated carbocycles. The molecule has 2 heterocycles. The summed E-state index contributed by atoms with van der Waals surface area (Å²) in [5.41, 5.74) is 1.52. The molecule has 0 bridgehead atoms. The molecule has 1 aromatic heterocycles. The summed E-state index contributed by atoms with van der Waals surface area (Å²) in [5, 5.41) is 3.81. The molecule has 1 aromatic carbocycles. The molecule has 0 radical (unpaired) electrons. The molecule has 1 aliphatic heterocycles. The van der Waals surface area contributed by atoms with Gasteiger partial charge in [-0.2, -0.15) is 0 Å². The lowest BCUT2D eigenvalue weighted by Crippen LogP contribution is -2.39. The van der Waals surface area contributed by atoms with Crippen molar-refractivity contribution in [2.75, 3.05) is 46.9 Å². The van der Waals surface area contributed by atoms with Gasteiger partial charge >= 0.3 is 0 Å². The molecule has 1 saturated heterocycles. The van der Waals surface area contributed by atoms with Gasteiger partial charge in [0.25, 0.3) is 0 Å². The molecule has 0 N–H and O–H groups in total. The maximum absolute atomic E-state index is 5.55. The standard InChI is InChI=1S/C18H26N2OS/c1-19(2)9-5-7-17(20-10-12-21-13-11-20)16-14-22-18-8-4-3-6-15(16)18/h3-4,6,8,14,17H,5,7,9-13H2,1-2H3. The first kappa shape index (κ1) is 15.9. The summed E-state index contributed by atoms with van der Waals surface area (Å²) < 4.78 is 6.96. The molecule has 2 aromatic rings. The van der Waals surface area contributed by atoms with E-state index < -0.39 is 0 Å². The van der Waals surface area contributed by atoms with Crippen molar-refractivity contribution >= 4 is 21.4 Å². The molecule has 0 amide bonds. The minimum atomic E-state index is 0.528. The normalized spacial score (nSPS) is 18.1. The summed E-state index contributed by atoms with van der Waals surface area (Å²) in [6.45, 7) is 5.00. The number of rotatable bonds is 6. The third kappa shape index (κ3) is 3.69. The monoisotopic (exact) mass is 318 g/mol. The first-order chi connectivity index (χ1) is 10.8. The average Bonchev–Trinajstić information content (AvgIpc) is 2.96. The molecule has 0 aliphatic carbocycles. The summed E-state index contributed by atoms with van der Waals surface area (Å²) in [7, 11) is 4.31. The van der Waals surface area contributed by atoms with Crippen LogP contribution < -0.4 is 0 Å². The van der Waals surface area contributed by atoms with Crippen LogP contribution in [0.5, 0.6) is 0 Å². The van der Waals surface area contributed by atoms with E-state index in [1.807, 2.05) is 11.3 Å². The zero-order valence-corrected chi connectivity index (χ0v) is 14.4. The number of benzene rings is 1. The van der Waals surface area contributed by atoms with Crippen LogP contribution >= 0.6 is 11.3 Å². The Kier molecular flexibility index (Phi) is 5.47. The number of hydrogen-bond acceptors (Lipinski definition) is 4. The van der Waals surface area contributed by atoms with Crippen LogP contribution in [0.25, 0.3) is 10.1 Å². The Hall–Kier alpha value is -0.940. The molecule has 4 heteroatoms. The van der Waals surface area contributed by atoms with E-state index >= 15 is 0 Å². The van der Waals surface area contributed by atoms with Crippen molar-refractivity contribution in [1.82, 2.24) is 9.80 Å². The van der Waals surface area contributed by atoms with Crippen LogP contribution in [0.4, 0.5) is 0 Å². The first-order valence-electron chi connectivity index (χ1n) is 8.18. The fourth-order valence-electron chi connectivity index (χ4n) is 3.28. The van der Waals surface area contributed by atoms with Crippen LogP contribution in [0.1, 0.15) is 24.4 Å². The average molecular weight is 318 g/mol. The SMILES string of the molecule is CN(C)CCCC(c1csc2ccccc12)N1CCOCC1. The highest BCUT2D eigenvalue weighted by atomic mass is 32.1. The van der Waals surface area contributed by atoms with Gasteiger partial charge in [-0.25, -0.2) is 0 Å². The summed E-state index contributed by atoms with van der Waals surface area (Å²) in [6.07, 6.45) is 2.46. The fourth-order valence-corrected chi connectivity index (χ4v) is 4.29. The van der Waals surface area contributed by atoms with Gasteiger partial charge in [0.05, 0.1) is 13.2 Å². The topological polar surface area (TPSA) is 15.7 Å². The summed E-state index contributed by atoms with van der Waals surface area (Å²) in [5.74, 6) is 0. The largest absolute Gasteiger partial charge is 0.379 e. The number of nitrogens with zero attached hydrogens (tertiary/aromatic N) is 2. The van der Waals surface area contributed by atoms with Crippen LogP contribution in [0.2, 0.25) is 0 Å². The van der Waals surface area contributed by atoms with Gasteiger partial charge in [-0.15, -0.1) is 11.3 Å². The molecular weight excluding hydrogens is 292 g/mol. The zero-order chi connectivity index (χ0) is 15.4. The molecule has 1 fully saturated rings. The van der Waals surface area contributed by atoms with Gasteiger partial charge < -0.3 is 9.64 Å². The van der Waals surface area contributed by atoms with E-state index in [0.717, 1.165) is 32.8 Å². The Labute approximate surface area is 137 Å². The van der Waals surface area contributed by atoms with E-state index in [4.69, 9.17) is 4.74 Å². The maximum Gasteiger partial charge on any atom is 0.0594 e. The summed E-state index contributed by atoms with van der Waals surface area (Å²) >= 11 is 1.88. The van der Waals surface area contributed by atoms with Gasteiger partial charge in [0.1, 0.15) is 0 Å². The summed E-state index contributed by atoms with van der Waals surface area (Å²) in [6, 6.07) is 9.34. The van der Waals surface area contributed by atoms with E-state index in [0.29, 0.717) is 6.04 Å². The predicted octanol–water partition coefficient (Wildman–Crippen LogP) is 3.62. The van der Waals surface area contributed by atoms with E-state index in [2.05, 4.69) is 53.5 Å². The van der Waals surface area contributed by atoms with E-state index in [-0.39, 0.29) is 0 Å². The minimum absolute atomic E-state index is 0.528. The van der Waals surface area contributed by atoms with Gasteiger partial charge in [-0.05, 0) is 55.9 Å². The molecule has 0 spiro atoms. The molecule has 1 unspecified atom stereocenters. The zero-order valence-electron chi connectivity index (χ0n) is 13.6. The van der Waals surface area contributed by atoms with Gasteiger partial charge in [0, 0.05) is 23.8 Å². The van der Waals surface area contributed by atoms with E-state index in [1.165, 1.54) is 28.5 Å². The van der Waals surface area contributed by atoms with Crippen molar-refractivity contribution < 1.29 is 4.74 Å². The smallest absolute Gasteiger partial charge is 0.0594 e. The molecule has 120 valence electrons. The number of thiophene rings is 1. The number of hydrogen-bond donors (Lipinski definition) is 0. The van der Waals surface area contributed by atoms with Gasteiger partial charge in [0.15, 0.2) is 0 Å². The second-order valence-corrected chi connectivity index (χ2v) is 7.21. The Bertz CT molecular complexity index is 590. The molecule has 3 nitrogen and oxygen atoms in total. The number of fused-ring (bicyclic) bond motifs is 1.